The Hall–Kier alpha value is -2.42. The number of carbonyl (C=O) groups is 1. The van der Waals surface area contributed by atoms with E-state index in [0.29, 0.717) is 10.0 Å². The molecule has 0 saturated heterocycles. The van der Waals surface area contributed by atoms with Gasteiger partial charge in [-0.25, -0.2) is 4.79 Å². The average molecular weight is 356 g/mol. The minimum absolute atomic E-state index is 0.0000435. The summed E-state index contributed by atoms with van der Waals surface area (Å²) < 4.78 is 10.4. The lowest BCUT2D eigenvalue weighted by Gasteiger charge is -1.98. The van der Waals surface area contributed by atoms with Crippen molar-refractivity contribution in [3.05, 3.63) is 38.5 Å². The van der Waals surface area contributed by atoms with Crippen LogP contribution in [0.15, 0.2) is 27.1 Å². The normalized spacial score (nSPS) is 10.4. The number of non-ortho nitro benzene ring substituents is 1. The number of benzene rings is 1. The summed E-state index contributed by atoms with van der Waals surface area (Å²) in [5.74, 6) is -0.916. The fourth-order valence-corrected chi connectivity index (χ4v) is 2.09. The summed E-state index contributed by atoms with van der Waals surface area (Å²) in [7, 11) is 0. The van der Waals surface area contributed by atoms with Gasteiger partial charge >= 0.3 is 5.97 Å². The number of hydrogen-bond donors (Lipinski definition) is 1. The molecule has 0 atom stereocenters. The van der Waals surface area contributed by atoms with Gasteiger partial charge in [0, 0.05) is 22.2 Å². The van der Waals surface area contributed by atoms with Crippen LogP contribution in [0.25, 0.3) is 11.5 Å². The van der Waals surface area contributed by atoms with Crippen molar-refractivity contribution in [2.45, 2.75) is 6.92 Å². The number of nitrogen functional groups attached to an aromatic ring is 1. The zero-order valence-corrected chi connectivity index (χ0v) is 12.4. The maximum Gasteiger partial charge on any atom is 0.362 e. The van der Waals surface area contributed by atoms with Crippen LogP contribution in [0.5, 0.6) is 0 Å². The van der Waals surface area contributed by atoms with Gasteiger partial charge in [0.15, 0.2) is 0 Å². The van der Waals surface area contributed by atoms with Gasteiger partial charge in [-0.05, 0) is 13.0 Å². The Morgan fingerprint density at radius 3 is 2.86 bits per heavy atom. The van der Waals surface area contributed by atoms with E-state index in [1.54, 1.807) is 13.0 Å². The molecule has 21 heavy (non-hydrogen) atoms. The van der Waals surface area contributed by atoms with E-state index in [1.807, 2.05) is 0 Å². The minimum Gasteiger partial charge on any atom is -0.461 e. The van der Waals surface area contributed by atoms with Crippen molar-refractivity contribution in [3.63, 3.8) is 0 Å². The number of nitro benzene ring substituents is 1. The van der Waals surface area contributed by atoms with E-state index in [-0.39, 0.29) is 29.8 Å². The van der Waals surface area contributed by atoms with Crippen molar-refractivity contribution in [2.75, 3.05) is 12.3 Å². The zero-order chi connectivity index (χ0) is 15.6. The van der Waals surface area contributed by atoms with Crippen LogP contribution in [-0.4, -0.2) is 22.5 Å². The number of nitro groups is 1. The third-order valence-corrected chi connectivity index (χ3v) is 2.92. The number of aromatic nitrogens is 1. The number of esters is 1. The highest BCUT2D eigenvalue weighted by Crippen LogP contribution is 2.30. The summed E-state index contributed by atoms with van der Waals surface area (Å²) >= 11 is 3.16. The number of oxazole rings is 1. The van der Waals surface area contributed by atoms with E-state index in [1.165, 1.54) is 12.1 Å². The van der Waals surface area contributed by atoms with E-state index >= 15 is 0 Å². The highest BCUT2D eigenvalue weighted by Gasteiger charge is 2.21. The number of hydrogen-bond acceptors (Lipinski definition) is 7. The molecule has 0 fully saturated rings. The van der Waals surface area contributed by atoms with Gasteiger partial charge in [-0.1, -0.05) is 15.9 Å². The smallest absolute Gasteiger partial charge is 0.362 e. The molecule has 0 spiro atoms. The van der Waals surface area contributed by atoms with Gasteiger partial charge < -0.3 is 14.9 Å². The molecule has 0 radical (unpaired) electrons. The molecule has 2 rings (SSSR count). The number of carbonyl (C=O) groups excluding carboxylic acids is 1. The first kappa shape index (κ1) is 15.0. The Labute approximate surface area is 127 Å². The fourth-order valence-electron chi connectivity index (χ4n) is 1.60. The largest absolute Gasteiger partial charge is 0.461 e. The molecular formula is C12H10BrN3O5. The van der Waals surface area contributed by atoms with E-state index in [4.69, 9.17) is 14.9 Å². The quantitative estimate of drug-likeness (QED) is 0.508. The molecule has 1 aromatic carbocycles. The molecule has 2 N–H and O–H groups in total. The van der Waals surface area contributed by atoms with Gasteiger partial charge in [-0.2, -0.15) is 4.98 Å². The fraction of sp³-hybridized carbons (Fsp3) is 0.167. The molecule has 0 aliphatic heterocycles. The lowest BCUT2D eigenvalue weighted by atomic mass is 10.2. The van der Waals surface area contributed by atoms with Gasteiger partial charge in [0.25, 0.3) is 5.69 Å². The molecule has 0 amide bonds. The first-order valence-corrected chi connectivity index (χ1v) is 6.60. The van der Waals surface area contributed by atoms with Crippen LogP contribution in [0, 0.1) is 10.1 Å². The first-order chi connectivity index (χ1) is 9.92. The molecule has 2 aromatic rings. The van der Waals surface area contributed by atoms with E-state index in [2.05, 4.69) is 20.9 Å². The van der Waals surface area contributed by atoms with Crippen LogP contribution in [0.3, 0.4) is 0 Å². The lowest BCUT2D eigenvalue weighted by molar-refractivity contribution is -0.384. The number of ether oxygens (including phenoxy) is 1. The Kier molecular flexibility index (Phi) is 4.22. The van der Waals surface area contributed by atoms with Crippen LogP contribution in [0.4, 0.5) is 11.6 Å². The average Bonchev–Trinajstić information content (AvgIpc) is 2.80. The molecule has 1 aromatic heterocycles. The number of halogens is 1. The SMILES string of the molecule is CCOC(=O)c1nc(-c2cc(Br)cc([N+](=O)[O-])c2)oc1N. The molecule has 0 saturated carbocycles. The molecule has 9 heteroatoms. The summed E-state index contributed by atoms with van der Waals surface area (Å²) in [5, 5.41) is 10.8. The van der Waals surface area contributed by atoms with E-state index in [0.717, 1.165) is 0 Å². The summed E-state index contributed by atoms with van der Waals surface area (Å²) in [6.45, 7) is 1.82. The maximum atomic E-state index is 11.6. The highest BCUT2D eigenvalue weighted by atomic mass is 79.9. The second kappa shape index (κ2) is 5.92. The molecule has 0 unspecified atom stereocenters. The minimum atomic E-state index is -0.713. The van der Waals surface area contributed by atoms with Crippen molar-refractivity contribution in [2.24, 2.45) is 0 Å². The first-order valence-electron chi connectivity index (χ1n) is 5.81. The summed E-state index contributed by atoms with van der Waals surface area (Å²) in [5.41, 5.74) is 5.59. The van der Waals surface area contributed by atoms with Gasteiger partial charge in [0.1, 0.15) is 0 Å². The van der Waals surface area contributed by atoms with Crippen LogP contribution in [-0.2, 0) is 4.74 Å². The van der Waals surface area contributed by atoms with Crippen LogP contribution < -0.4 is 5.73 Å². The predicted octanol–water partition coefficient (Wildman–Crippen LogP) is 2.77. The standard InChI is InChI=1S/C12H10BrN3O5/c1-2-20-12(17)9-10(14)21-11(15-9)6-3-7(13)5-8(4-6)16(18)19/h3-5H,2,14H2,1H3. The van der Waals surface area contributed by atoms with Crippen LogP contribution in [0.1, 0.15) is 17.4 Å². The van der Waals surface area contributed by atoms with Crippen molar-refractivity contribution < 1.29 is 18.9 Å². The Bertz CT molecular complexity index is 713. The van der Waals surface area contributed by atoms with Gasteiger partial charge in [-0.15, -0.1) is 0 Å². The Morgan fingerprint density at radius 2 is 2.24 bits per heavy atom. The predicted molar refractivity (Wildman–Crippen MR) is 76.7 cm³/mol. The molecular weight excluding hydrogens is 346 g/mol. The second-order valence-electron chi connectivity index (χ2n) is 3.91. The zero-order valence-electron chi connectivity index (χ0n) is 10.8. The van der Waals surface area contributed by atoms with Gasteiger partial charge in [-0.3, -0.25) is 10.1 Å². The molecule has 0 bridgehead atoms. The van der Waals surface area contributed by atoms with Gasteiger partial charge in [0.05, 0.1) is 11.5 Å². The Morgan fingerprint density at radius 1 is 1.52 bits per heavy atom. The highest BCUT2D eigenvalue weighted by molar-refractivity contribution is 9.10. The van der Waals surface area contributed by atoms with Crippen LogP contribution in [0.2, 0.25) is 0 Å². The molecule has 0 aliphatic carbocycles. The number of rotatable bonds is 4. The van der Waals surface area contributed by atoms with Crippen molar-refractivity contribution in [3.8, 4) is 11.5 Å². The van der Waals surface area contributed by atoms with Crippen molar-refractivity contribution >= 4 is 33.5 Å². The third-order valence-electron chi connectivity index (χ3n) is 2.46. The molecule has 8 nitrogen and oxygen atoms in total. The van der Waals surface area contributed by atoms with Crippen molar-refractivity contribution in [1.82, 2.24) is 4.98 Å². The molecule has 1 heterocycles. The molecule has 0 aliphatic rings. The topological polar surface area (TPSA) is 121 Å². The van der Waals surface area contributed by atoms with Crippen LogP contribution >= 0.6 is 15.9 Å². The lowest BCUT2D eigenvalue weighted by Crippen LogP contribution is -2.07. The van der Waals surface area contributed by atoms with Crippen molar-refractivity contribution in [1.29, 1.82) is 0 Å². The summed E-state index contributed by atoms with van der Waals surface area (Å²) in [6, 6.07) is 4.17. The summed E-state index contributed by atoms with van der Waals surface area (Å²) in [4.78, 5) is 25.8. The van der Waals surface area contributed by atoms with Gasteiger partial charge in [0.2, 0.25) is 17.5 Å². The summed E-state index contributed by atoms with van der Waals surface area (Å²) in [6.07, 6.45) is 0. The molecule has 110 valence electrons. The third kappa shape index (κ3) is 3.19. The van der Waals surface area contributed by atoms with E-state index < -0.39 is 10.9 Å². The monoisotopic (exact) mass is 355 g/mol. The van der Waals surface area contributed by atoms with E-state index in [9.17, 15) is 14.9 Å². The number of nitrogens with two attached hydrogens (primary N) is 1. The number of nitrogens with zero attached hydrogens (tertiary/aromatic N) is 2. The second-order valence-corrected chi connectivity index (χ2v) is 4.82. The Balaban J connectivity index is 2.46. The number of anilines is 1. The maximum absolute atomic E-state index is 11.6.